The van der Waals surface area contributed by atoms with Crippen LogP contribution in [-0.2, 0) is 14.4 Å². The van der Waals surface area contributed by atoms with E-state index in [9.17, 15) is 19.5 Å². The van der Waals surface area contributed by atoms with Crippen molar-refractivity contribution in [2.24, 2.45) is 23.7 Å². The van der Waals surface area contributed by atoms with Crippen LogP contribution in [0.2, 0.25) is 10.0 Å². The number of carbonyl (C=O) groups excluding carboxylic acids is 2. The second-order valence-electron chi connectivity index (χ2n) is 7.29. The van der Waals surface area contributed by atoms with Crippen molar-refractivity contribution in [2.45, 2.75) is 38.7 Å². The van der Waals surface area contributed by atoms with E-state index in [-0.39, 0.29) is 17.6 Å². The molecule has 3 N–H and O–H groups in total. The summed E-state index contributed by atoms with van der Waals surface area (Å²) in [4.78, 5) is 36.5. The number of fused-ring (bicyclic) bond motifs is 2. The molecular weight excluding hydrogens is 407 g/mol. The number of carboxylic acids is 1. The minimum atomic E-state index is -0.955. The molecule has 7 nitrogen and oxygen atoms in total. The van der Waals surface area contributed by atoms with Crippen LogP contribution in [0.1, 0.15) is 32.6 Å². The lowest BCUT2D eigenvalue weighted by atomic mass is 9.79. The van der Waals surface area contributed by atoms with Crippen LogP contribution in [0, 0.1) is 23.7 Å². The molecule has 28 heavy (non-hydrogen) atoms. The summed E-state index contributed by atoms with van der Waals surface area (Å²) in [5, 5.41) is 10.2. The average Bonchev–Trinajstić information content (AvgIpc) is 3.27. The van der Waals surface area contributed by atoms with Gasteiger partial charge >= 0.3 is 5.97 Å². The van der Waals surface area contributed by atoms with Crippen molar-refractivity contribution in [1.82, 2.24) is 10.9 Å². The van der Waals surface area contributed by atoms with Gasteiger partial charge in [0.25, 0.3) is 5.91 Å². The zero-order valence-corrected chi connectivity index (χ0v) is 16.8. The SMILES string of the molecule is CC[C@@H](Oc1cc(Cl)ccc1Cl)C(=O)NNC(=O)[C@@H]1[C@H]2CC[C@@H](C2)[C@@H]1C(=O)O. The second kappa shape index (κ2) is 8.57. The largest absolute Gasteiger partial charge is 0.481 e. The van der Waals surface area contributed by atoms with Gasteiger partial charge in [-0.25, -0.2) is 0 Å². The standard InChI is InChI=1S/C19H22Cl2N2O5/c1-2-13(28-14-8-11(20)5-6-12(14)21)17(24)22-23-18(25)15-9-3-4-10(7-9)16(15)19(26)27/h5-6,8-10,13,15-16H,2-4,7H2,1H3,(H,22,24)(H,23,25)(H,26,27)/t9-,10-,13+,15+,16-/m0/s1. The first kappa shape index (κ1) is 20.7. The summed E-state index contributed by atoms with van der Waals surface area (Å²) in [6.45, 7) is 1.75. The number of amides is 2. The van der Waals surface area contributed by atoms with E-state index in [2.05, 4.69) is 10.9 Å². The predicted molar refractivity (Wildman–Crippen MR) is 103 cm³/mol. The molecule has 2 bridgehead atoms. The molecule has 2 saturated carbocycles. The first-order chi connectivity index (χ1) is 13.3. The van der Waals surface area contributed by atoms with Crippen molar-refractivity contribution >= 4 is 41.0 Å². The van der Waals surface area contributed by atoms with Crippen molar-refractivity contribution in [3.63, 3.8) is 0 Å². The van der Waals surface area contributed by atoms with Crippen LogP contribution < -0.4 is 15.6 Å². The lowest BCUT2D eigenvalue weighted by Crippen LogP contribution is -2.52. The van der Waals surface area contributed by atoms with Crippen LogP contribution in [0.3, 0.4) is 0 Å². The van der Waals surface area contributed by atoms with E-state index < -0.39 is 35.7 Å². The normalized spacial score (nSPS) is 26.5. The van der Waals surface area contributed by atoms with E-state index >= 15 is 0 Å². The van der Waals surface area contributed by atoms with Gasteiger partial charge in [0.2, 0.25) is 5.91 Å². The first-order valence-electron chi connectivity index (χ1n) is 9.26. The molecule has 2 amide bonds. The van der Waals surface area contributed by atoms with Gasteiger partial charge in [0.15, 0.2) is 6.10 Å². The lowest BCUT2D eigenvalue weighted by Gasteiger charge is -2.27. The summed E-state index contributed by atoms with van der Waals surface area (Å²) in [5.41, 5.74) is 4.73. The van der Waals surface area contributed by atoms with Crippen LogP contribution in [0.15, 0.2) is 18.2 Å². The Morgan fingerprint density at radius 1 is 1.18 bits per heavy atom. The molecule has 2 fully saturated rings. The predicted octanol–water partition coefficient (Wildman–Crippen LogP) is 3.05. The summed E-state index contributed by atoms with van der Waals surface area (Å²) in [5.74, 6) is -2.95. The highest BCUT2D eigenvalue weighted by atomic mass is 35.5. The van der Waals surface area contributed by atoms with Gasteiger partial charge in [0.05, 0.1) is 16.9 Å². The number of carboxylic acid groups (broad SMARTS) is 1. The van der Waals surface area contributed by atoms with Crippen LogP contribution >= 0.6 is 23.2 Å². The Balaban J connectivity index is 1.60. The maximum Gasteiger partial charge on any atom is 0.307 e. The lowest BCUT2D eigenvalue weighted by molar-refractivity contribution is -0.150. The van der Waals surface area contributed by atoms with Gasteiger partial charge in [-0.2, -0.15) is 0 Å². The molecule has 2 aliphatic carbocycles. The van der Waals surface area contributed by atoms with E-state index in [0.29, 0.717) is 16.5 Å². The quantitative estimate of drug-likeness (QED) is 0.603. The Morgan fingerprint density at radius 3 is 2.50 bits per heavy atom. The highest BCUT2D eigenvalue weighted by Gasteiger charge is 2.54. The Labute approximate surface area is 172 Å². The average molecular weight is 429 g/mol. The number of halogens is 2. The highest BCUT2D eigenvalue weighted by molar-refractivity contribution is 6.34. The summed E-state index contributed by atoms with van der Waals surface area (Å²) in [7, 11) is 0. The molecule has 0 radical (unpaired) electrons. The summed E-state index contributed by atoms with van der Waals surface area (Å²) in [6.07, 6.45) is 1.86. The van der Waals surface area contributed by atoms with Crippen molar-refractivity contribution in [2.75, 3.05) is 0 Å². The van der Waals surface area contributed by atoms with E-state index in [1.807, 2.05) is 0 Å². The van der Waals surface area contributed by atoms with Gasteiger partial charge < -0.3 is 9.84 Å². The van der Waals surface area contributed by atoms with Crippen LogP contribution in [0.5, 0.6) is 5.75 Å². The van der Waals surface area contributed by atoms with Crippen LogP contribution in [-0.4, -0.2) is 29.0 Å². The number of aliphatic carboxylic acids is 1. The second-order valence-corrected chi connectivity index (χ2v) is 8.13. The third-order valence-electron chi connectivity index (χ3n) is 5.64. The third-order valence-corrected chi connectivity index (χ3v) is 6.19. The smallest absolute Gasteiger partial charge is 0.307 e. The van der Waals surface area contributed by atoms with E-state index in [4.69, 9.17) is 27.9 Å². The third kappa shape index (κ3) is 4.20. The fraction of sp³-hybridized carbons (Fsp3) is 0.526. The monoisotopic (exact) mass is 428 g/mol. The van der Waals surface area contributed by atoms with Gasteiger partial charge in [0.1, 0.15) is 5.75 Å². The molecule has 0 saturated heterocycles. The molecule has 2 aliphatic rings. The molecule has 9 heteroatoms. The number of hydrazine groups is 1. The van der Waals surface area contributed by atoms with Gasteiger partial charge in [-0.3, -0.25) is 25.2 Å². The fourth-order valence-corrected chi connectivity index (χ4v) is 4.68. The summed E-state index contributed by atoms with van der Waals surface area (Å²) in [6, 6.07) is 4.67. The van der Waals surface area contributed by atoms with Crippen molar-refractivity contribution < 1.29 is 24.2 Å². The van der Waals surface area contributed by atoms with E-state index in [1.54, 1.807) is 19.1 Å². The number of benzene rings is 1. The number of rotatable bonds is 6. The zero-order chi connectivity index (χ0) is 20.4. The molecular formula is C19H22Cl2N2O5. The molecule has 3 rings (SSSR count). The van der Waals surface area contributed by atoms with Gasteiger partial charge in [0, 0.05) is 11.1 Å². The minimum Gasteiger partial charge on any atom is -0.481 e. The Bertz CT molecular complexity index is 788. The molecule has 1 aromatic rings. The van der Waals surface area contributed by atoms with Crippen molar-refractivity contribution in [3.05, 3.63) is 28.2 Å². The molecule has 5 atom stereocenters. The molecule has 152 valence electrons. The number of hydrogen-bond acceptors (Lipinski definition) is 4. The van der Waals surface area contributed by atoms with E-state index in [0.717, 1.165) is 19.3 Å². The van der Waals surface area contributed by atoms with Crippen molar-refractivity contribution in [1.29, 1.82) is 0 Å². The van der Waals surface area contributed by atoms with Gasteiger partial charge in [-0.15, -0.1) is 0 Å². The molecule has 0 heterocycles. The Morgan fingerprint density at radius 2 is 1.86 bits per heavy atom. The first-order valence-corrected chi connectivity index (χ1v) is 10.0. The molecule has 0 aliphatic heterocycles. The number of nitrogens with one attached hydrogen (secondary N) is 2. The molecule has 0 unspecified atom stereocenters. The summed E-state index contributed by atoms with van der Waals surface area (Å²) >= 11 is 12.0. The van der Waals surface area contributed by atoms with Crippen LogP contribution in [0.25, 0.3) is 0 Å². The minimum absolute atomic E-state index is 0.0330. The van der Waals surface area contributed by atoms with Crippen LogP contribution in [0.4, 0.5) is 0 Å². The number of ether oxygens (including phenoxy) is 1. The zero-order valence-electron chi connectivity index (χ0n) is 15.3. The Hall–Kier alpha value is -1.99. The maximum absolute atomic E-state index is 12.6. The summed E-state index contributed by atoms with van der Waals surface area (Å²) < 4.78 is 5.63. The Kier molecular flexibility index (Phi) is 6.35. The number of carbonyl (C=O) groups is 3. The molecule has 0 aromatic heterocycles. The number of hydrogen-bond donors (Lipinski definition) is 3. The molecule has 1 aromatic carbocycles. The molecule has 0 spiro atoms. The van der Waals surface area contributed by atoms with Gasteiger partial charge in [-0.1, -0.05) is 30.1 Å². The van der Waals surface area contributed by atoms with E-state index in [1.165, 1.54) is 6.07 Å². The fourth-order valence-electron chi connectivity index (χ4n) is 4.35. The highest BCUT2D eigenvalue weighted by Crippen LogP contribution is 2.52. The van der Waals surface area contributed by atoms with Crippen molar-refractivity contribution in [3.8, 4) is 5.75 Å². The topological polar surface area (TPSA) is 105 Å². The van der Waals surface area contributed by atoms with Gasteiger partial charge in [-0.05, 0) is 49.7 Å². The maximum atomic E-state index is 12.6.